The second-order valence-electron chi connectivity index (χ2n) is 6.85. The lowest BCUT2D eigenvalue weighted by Gasteiger charge is -2.20. The first-order chi connectivity index (χ1) is 15.0. The van der Waals surface area contributed by atoms with Crippen molar-refractivity contribution in [3.63, 3.8) is 0 Å². The molecule has 6 heteroatoms. The van der Waals surface area contributed by atoms with Crippen molar-refractivity contribution in [3.05, 3.63) is 102 Å². The number of nitrogens with one attached hydrogen (secondary N) is 1. The Morgan fingerprint density at radius 2 is 1.32 bits per heavy atom. The van der Waals surface area contributed by atoms with Gasteiger partial charge in [-0.1, -0.05) is 60.7 Å². The predicted octanol–water partition coefficient (Wildman–Crippen LogP) is 3.72. The van der Waals surface area contributed by atoms with Gasteiger partial charge in [-0.3, -0.25) is 9.59 Å². The van der Waals surface area contributed by atoms with Crippen LogP contribution >= 0.6 is 0 Å². The van der Waals surface area contributed by atoms with Crippen LogP contribution in [0, 0.1) is 0 Å². The average Bonchev–Trinajstić information content (AvgIpc) is 2.81. The molecule has 31 heavy (non-hydrogen) atoms. The summed E-state index contributed by atoms with van der Waals surface area (Å²) in [6.07, 6.45) is 0. The molecule has 3 aromatic rings. The van der Waals surface area contributed by atoms with Crippen LogP contribution < -0.4 is 10.1 Å². The molecule has 0 saturated carbocycles. The van der Waals surface area contributed by atoms with Crippen LogP contribution in [-0.2, 0) is 14.3 Å². The van der Waals surface area contributed by atoms with E-state index < -0.39 is 18.5 Å². The van der Waals surface area contributed by atoms with Gasteiger partial charge in [-0.15, -0.1) is 0 Å². The van der Waals surface area contributed by atoms with E-state index in [1.807, 2.05) is 60.7 Å². The van der Waals surface area contributed by atoms with E-state index in [1.54, 1.807) is 24.3 Å². The highest BCUT2D eigenvalue weighted by Gasteiger charge is 2.17. The maximum Gasteiger partial charge on any atom is 0.344 e. The standard InChI is InChI=1S/C25H23NO5/c1-18(27)19-12-14-22(15-13-19)30-17-24(29)31-16-23(28)26-25(20-8-4-2-5-9-20)21-10-6-3-7-11-21/h2-15,25H,16-17H2,1H3,(H,26,28). The lowest BCUT2D eigenvalue weighted by atomic mass is 9.99. The fourth-order valence-electron chi connectivity index (χ4n) is 2.97. The van der Waals surface area contributed by atoms with Gasteiger partial charge in [0.1, 0.15) is 5.75 Å². The minimum absolute atomic E-state index is 0.0544. The second kappa shape index (κ2) is 10.7. The van der Waals surface area contributed by atoms with Crippen molar-refractivity contribution in [2.45, 2.75) is 13.0 Å². The van der Waals surface area contributed by atoms with Gasteiger partial charge < -0.3 is 14.8 Å². The third-order valence-electron chi connectivity index (χ3n) is 4.55. The number of rotatable bonds is 9. The topological polar surface area (TPSA) is 81.7 Å². The SMILES string of the molecule is CC(=O)c1ccc(OCC(=O)OCC(=O)NC(c2ccccc2)c2ccccc2)cc1. The number of Topliss-reactive ketones (excluding diaryl/α,β-unsaturated/α-hetero) is 1. The summed E-state index contributed by atoms with van der Waals surface area (Å²) in [7, 11) is 0. The molecule has 1 N–H and O–H groups in total. The van der Waals surface area contributed by atoms with Crippen LogP contribution in [0.5, 0.6) is 5.75 Å². The quantitative estimate of drug-likeness (QED) is 0.424. The molecule has 0 fully saturated rings. The number of hydrogen-bond acceptors (Lipinski definition) is 5. The van der Waals surface area contributed by atoms with Crippen LogP contribution in [-0.4, -0.2) is 30.9 Å². The molecular weight excluding hydrogens is 394 g/mol. The molecule has 3 rings (SSSR count). The highest BCUT2D eigenvalue weighted by molar-refractivity contribution is 5.94. The number of ether oxygens (including phenoxy) is 2. The van der Waals surface area contributed by atoms with Crippen LogP contribution in [0.3, 0.4) is 0 Å². The van der Waals surface area contributed by atoms with Gasteiger partial charge >= 0.3 is 5.97 Å². The Bertz CT molecular complexity index is 977. The normalized spacial score (nSPS) is 10.4. The first kappa shape index (κ1) is 21.8. The van der Waals surface area contributed by atoms with Crippen LogP contribution in [0.4, 0.5) is 0 Å². The second-order valence-corrected chi connectivity index (χ2v) is 6.85. The Morgan fingerprint density at radius 1 is 0.774 bits per heavy atom. The van der Waals surface area contributed by atoms with Crippen molar-refractivity contribution in [2.75, 3.05) is 13.2 Å². The van der Waals surface area contributed by atoms with E-state index in [4.69, 9.17) is 9.47 Å². The molecule has 3 aromatic carbocycles. The molecule has 0 aliphatic carbocycles. The van der Waals surface area contributed by atoms with Gasteiger partial charge in [0.25, 0.3) is 5.91 Å². The van der Waals surface area contributed by atoms with Crippen molar-refractivity contribution in [2.24, 2.45) is 0 Å². The Hall–Kier alpha value is -3.93. The van der Waals surface area contributed by atoms with E-state index in [9.17, 15) is 14.4 Å². The number of hydrogen-bond donors (Lipinski definition) is 1. The van der Waals surface area contributed by atoms with Crippen molar-refractivity contribution in [3.8, 4) is 5.75 Å². The first-order valence-electron chi connectivity index (χ1n) is 9.81. The maximum absolute atomic E-state index is 12.4. The van der Waals surface area contributed by atoms with Crippen molar-refractivity contribution >= 4 is 17.7 Å². The Balaban J connectivity index is 1.51. The number of carbonyl (C=O) groups is 3. The molecule has 6 nitrogen and oxygen atoms in total. The number of benzene rings is 3. The van der Waals surface area contributed by atoms with Crippen LogP contribution in [0.1, 0.15) is 34.5 Å². The van der Waals surface area contributed by atoms with Crippen molar-refractivity contribution < 1.29 is 23.9 Å². The molecule has 0 aliphatic rings. The zero-order valence-corrected chi connectivity index (χ0v) is 17.1. The highest BCUT2D eigenvalue weighted by atomic mass is 16.6. The van der Waals surface area contributed by atoms with Crippen LogP contribution in [0.2, 0.25) is 0 Å². The van der Waals surface area contributed by atoms with Crippen LogP contribution in [0.25, 0.3) is 0 Å². The fraction of sp³-hybridized carbons (Fsp3) is 0.160. The Morgan fingerprint density at radius 3 is 1.84 bits per heavy atom. The summed E-state index contributed by atoms with van der Waals surface area (Å²) in [5.41, 5.74) is 2.40. The molecule has 0 aliphatic heterocycles. The zero-order chi connectivity index (χ0) is 22.1. The molecule has 1 amide bonds. The zero-order valence-electron chi connectivity index (χ0n) is 17.1. The molecule has 0 aromatic heterocycles. The molecule has 0 spiro atoms. The molecule has 0 unspecified atom stereocenters. The smallest absolute Gasteiger partial charge is 0.344 e. The molecular formula is C25H23NO5. The number of amides is 1. The summed E-state index contributed by atoms with van der Waals surface area (Å²) < 4.78 is 10.4. The lowest BCUT2D eigenvalue weighted by molar-refractivity contribution is -0.150. The first-order valence-corrected chi connectivity index (χ1v) is 9.81. The van der Waals surface area contributed by atoms with Gasteiger partial charge in [0.2, 0.25) is 0 Å². The minimum Gasteiger partial charge on any atom is -0.482 e. The average molecular weight is 417 g/mol. The Labute approximate surface area is 180 Å². The third kappa shape index (κ3) is 6.54. The summed E-state index contributed by atoms with van der Waals surface area (Å²) in [5.74, 6) is -0.709. The lowest BCUT2D eigenvalue weighted by Crippen LogP contribution is -2.33. The van der Waals surface area contributed by atoms with Gasteiger partial charge in [-0.2, -0.15) is 0 Å². The van der Waals surface area contributed by atoms with E-state index in [0.717, 1.165) is 11.1 Å². The highest BCUT2D eigenvalue weighted by Crippen LogP contribution is 2.21. The molecule has 0 atom stereocenters. The maximum atomic E-state index is 12.4. The molecule has 158 valence electrons. The van der Waals surface area contributed by atoms with E-state index in [0.29, 0.717) is 11.3 Å². The van der Waals surface area contributed by atoms with Gasteiger partial charge in [0, 0.05) is 5.56 Å². The number of ketones is 1. The summed E-state index contributed by atoms with van der Waals surface area (Å²) in [5, 5.41) is 2.91. The monoisotopic (exact) mass is 417 g/mol. The number of esters is 1. The summed E-state index contributed by atoms with van der Waals surface area (Å²) >= 11 is 0. The summed E-state index contributed by atoms with van der Waals surface area (Å²) in [4.78, 5) is 35.6. The van der Waals surface area contributed by atoms with Gasteiger partial charge in [0.05, 0.1) is 6.04 Å². The van der Waals surface area contributed by atoms with E-state index in [1.165, 1.54) is 6.92 Å². The fourth-order valence-corrected chi connectivity index (χ4v) is 2.97. The van der Waals surface area contributed by atoms with Crippen LogP contribution in [0.15, 0.2) is 84.9 Å². The van der Waals surface area contributed by atoms with E-state index in [2.05, 4.69) is 5.32 Å². The number of carbonyl (C=O) groups excluding carboxylic acids is 3. The van der Waals surface area contributed by atoms with Crippen molar-refractivity contribution in [1.29, 1.82) is 0 Å². The predicted molar refractivity (Wildman–Crippen MR) is 116 cm³/mol. The summed E-state index contributed by atoms with van der Waals surface area (Å²) in [6, 6.07) is 25.2. The van der Waals surface area contributed by atoms with E-state index >= 15 is 0 Å². The summed E-state index contributed by atoms with van der Waals surface area (Å²) in [6.45, 7) is 0.716. The largest absolute Gasteiger partial charge is 0.482 e. The molecule has 0 saturated heterocycles. The van der Waals surface area contributed by atoms with Gasteiger partial charge in [-0.25, -0.2) is 4.79 Å². The van der Waals surface area contributed by atoms with Crippen molar-refractivity contribution in [1.82, 2.24) is 5.32 Å². The van der Waals surface area contributed by atoms with Gasteiger partial charge in [-0.05, 0) is 42.3 Å². The Kier molecular flexibility index (Phi) is 7.54. The van der Waals surface area contributed by atoms with Gasteiger partial charge in [0.15, 0.2) is 19.0 Å². The minimum atomic E-state index is -0.665. The third-order valence-corrected chi connectivity index (χ3v) is 4.55. The van der Waals surface area contributed by atoms with E-state index in [-0.39, 0.29) is 18.4 Å². The molecule has 0 bridgehead atoms. The molecule has 0 radical (unpaired) electrons. The molecule has 0 heterocycles.